The van der Waals surface area contributed by atoms with Crippen molar-refractivity contribution in [3.8, 4) is 0 Å². The molecule has 1 aliphatic heterocycles. The second-order valence-corrected chi connectivity index (χ2v) is 5.17. The van der Waals surface area contributed by atoms with Gasteiger partial charge in [0.15, 0.2) is 0 Å². The van der Waals surface area contributed by atoms with Crippen LogP contribution in [0.4, 0.5) is 0 Å². The van der Waals surface area contributed by atoms with Gasteiger partial charge in [0.25, 0.3) is 0 Å². The van der Waals surface area contributed by atoms with Crippen molar-refractivity contribution >= 4 is 29.3 Å². The van der Waals surface area contributed by atoms with E-state index in [1.165, 1.54) is 0 Å². The van der Waals surface area contributed by atoms with E-state index in [0.717, 1.165) is 0 Å². The molecule has 1 nitrogen and oxygen atoms in total. The molecule has 0 fully saturated rings. The van der Waals surface area contributed by atoms with Crippen LogP contribution in [-0.4, -0.2) is 29.3 Å². The third-order valence-corrected chi connectivity index (χ3v) is 4.16. The Balaban J connectivity index is 2.67. The fourth-order valence-electron chi connectivity index (χ4n) is 0.0667. The Morgan fingerprint density at radius 1 is 2.00 bits per heavy atom. The van der Waals surface area contributed by atoms with Gasteiger partial charge in [0.2, 0.25) is 0 Å². The van der Waals surface area contributed by atoms with Gasteiger partial charge in [-0.1, -0.05) is 0 Å². The number of hydrogen-bond donors (Lipinski definition) is 0. The van der Waals surface area contributed by atoms with Gasteiger partial charge in [-0.25, -0.2) is 0 Å². The Morgan fingerprint density at radius 2 is 2.25 bits per heavy atom. The minimum absolute atomic E-state index is 0.433. The van der Waals surface area contributed by atoms with E-state index < -0.39 is 0 Å². The van der Waals surface area contributed by atoms with Crippen molar-refractivity contribution in [2.45, 2.75) is 0 Å². The van der Waals surface area contributed by atoms with Crippen LogP contribution >= 0.6 is 0 Å². The SMILES string of the molecule is C1=[As]N=[SiH]1. The van der Waals surface area contributed by atoms with Gasteiger partial charge >= 0.3 is 32.8 Å². The summed E-state index contributed by atoms with van der Waals surface area (Å²) < 4.78 is 6.35. The number of hydrogen-bond acceptors (Lipinski definition) is 1. The molecule has 4 heavy (non-hydrogen) atoms. The van der Waals surface area contributed by atoms with E-state index in [4.69, 9.17) is 0 Å². The molecule has 0 aromatic carbocycles. The average molecular weight is 131 g/mol. The Kier molecular flexibility index (Phi) is 0.696. The number of nitrogens with zero attached hydrogens (tertiary/aromatic N) is 1. The van der Waals surface area contributed by atoms with E-state index in [1.807, 2.05) is 0 Å². The average Bonchev–Trinajstić information content (AvgIpc) is 0.722. The standard InChI is InChI=1S/CH2AsNSi/c1-2-3-4-1/h1,4H. The summed E-state index contributed by atoms with van der Waals surface area (Å²) in [5.41, 5.74) is 0. The predicted octanol–water partition coefficient (Wildman–Crippen LogP) is -1.00. The molecule has 1 rings (SSSR count). The van der Waals surface area contributed by atoms with E-state index in [1.54, 1.807) is 0 Å². The van der Waals surface area contributed by atoms with Crippen LogP contribution in [0.1, 0.15) is 0 Å². The molecule has 3 heteroatoms. The van der Waals surface area contributed by atoms with Crippen LogP contribution in [0.25, 0.3) is 0 Å². The zero-order chi connectivity index (χ0) is 2.83. The first-order valence-corrected chi connectivity index (χ1v) is 4.16. The Labute approximate surface area is 33.4 Å². The maximum absolute atomic E-state index is 4.04. The molecule has 0 bridgehead atoms. The first-order valence-electron chi connectivity index (χ1n) is 1.05. The molecule has 20 valence electrons. The summed E-state index contributed by atoms with van der Waals surface area (Å²) in [4.78, 5) is 0. The monoisotopic (exact) mass is 131 g/mol. The molecule has 1 heterocycles. The summed E-state index contributed by atoms with van der Waals surface area (Å²) in [5, 5.41) is 0. The van der Waals surface area contributed by atoms with Crippen LogP contribution in [0.5, 0.6) is 0 Å². The minimum atomic E-state index is 0.433. The summed E-state index contributed by atoms with van der Waals surface area (Å²) in [6.45, 7) is 0. The van der Waals surface area contributed by atoms with Crippen molar-refractivity contribution in [2.24, 2.45) is 3.55 Å². The topological polar surface area (TPSA) is 12.4 Å². The fraction of sp³-hybridized carbons (Fsp3) is 0. The van der Waals surface area contributed by atoms with Crippen molar-refractivity contribution < 1.29 is 0 Å². The summed E-state index contributed by atoms with van der Waals surface area (Å²) in [6, 6.07) is 0. The van der Waals surface area contributed by atoms with Gasteiger partial charge in [0.1, 0.15) is 0 Å². The van der Waals surface area contributed by atoms with E-state index >= 15 is 0 Å². The molecule has 0 atom stereocenters. The van der Waals surface area contributed by atoms with Crippen molar-refractivity contribution in [1.29, 1.82) is 0 Å². The quantitative estimate of drug-likeness (QED) is 0.374. The molecule has 0 amide bonds. The molecule has 0 saturated carbocycles. The molecule has 0 aliphatic carbocycles. The second kappa shape index (κ2) is 1.04. The molecular formula is CH2AsNSi. The van der Waals surface area contributed by atoms with E-state index in [2.05, 4.69) is 7.98 Å². The molecule has 1 aliphatic rings. The predicted molar refractivity (Wildman–Crippen MR) is 21.4 cm³/mol. The van der Waals surface area contributed by atoms with Gasteiger partial charge in [-0.2, -0.15) is 0 Å². The molecule has 0 aromatic rings. The molecule has 0 aromatic heterocycles. The zero-order valence-corrected chi connectivity index (χ0v) is 5.08. The van der Waals surface area contributed by atoms with Crippen molar-refractivity contribution in [3.63, 3.8) is 0 Å². The molecule has 0 radical (unpaired) electrons. The van der Waals surface area contributed by atoms with Gasteiger partial charge in [-0.15, -0.1) is 0 Å². The number of rotatable bonds is 0. The molecule has 0 N–H and O–H groups in total. The molecule has 0 spiro atoms. The van der Waals surface area contributed by atoms with Crippen LogP contribution < -0.4 is 0 Å². The van der Waals surface area contributed by atoms with Gasteiger partial charge in [-0.3, -0.25) is 0 Å². The summed E-state index contributed by atoms with van der Waals surface area (Å²) in [7, 11) is 0.505. The summed E-state index contributed by atoms with van der Waals surface area (Å²) in [6.07, 6.45) is 0. The van der Waals surface area contributed by atoms with Gasteiger partial charge in [0, 0.05) is 0 Å². The van der Waals surface area contributed by atoms with Gasteiger partial charge in [-0.05, 0) is 0 Å². The van der Waals surface area contributed by atoms with Crippen molar-refractivity contribution in [2.75, 3.05) is 0 Å². The van der Waals surface area contributed by atoms with Gasteiger partial charge in [0.05, 0.1) is 0 Å². The van der Waals surface area contributed by atoms with Crippen LogP contribution in [0.15, 0.2) is 3.55 Å². The van der Waals surface area contributed by atoms with Crippen LogP contribution in [0, 0.1) is 0 Å². The third-order valence-electron chi connectivity index (χ3n) is 0.267. The maximum atomic E-state index is 4.04. The van der Waals surface area contributed by atoms with Crippen LogP contribution in [0.3, 0.4) is 0 Å². The van der Waals surface area contributed by atoms with Crippen molar-refractivity contribution in [3.05, 3.63) is 0 Å². The summed E-state index contributed by atoms with van der Waals surface area (Å²) >= 11 is 0.433. The Bertz CT molecular complexity index is 48.4. The van der Waals surface area contributed by atoms with Crippen LogP contribution in [0.2, 0.25) is 0 Å². The zero-order valence-electron chi connectivity index (χ0n) is 2.05. The second-order valence-electron chi connectivity index (χ2n) is 0.529. The first-order chi connectivity index (χ1) is 2.00. The molecule has 0 unspecified atom stereocenters. The normalized spacial score (nSPS) is 20.0. The Hall–Kier alpha value is 0.445. The summed E-state index contributed by atoms with van der Waals surface area (Å²) in [5.74, 6) is 0. The first kappa shape index (κ1) is 2.67. The molecular weight excluding hydrogens is 129 g/mol. The van der Waals surface area contributed by atoms with Gasteiger partial charge < -0.3 is 0 Å². The molecule has 0 saturated heterocycles. The third kappa shape index (κ3) is 0.258. The van der Waals surface area contributed by atoms with E-state index in [9.17, 15) is 0 Å². The van der Waals surface area contributed by atoms with E-state index in [-0.39, 0.29) is 0 Å². The van der Waals surface area contributed by atoms with Crippen molar-refractivity contribution in [1.82, 2.24) is 0 Å². The fourth-order valence-corrected chi connectivity index (χ4v) is 1.04. The Morgan fingerprint density at radius 3 is 2.25 bits per heavy atom. The van der Waals surface area contributed by atoms with E-state index in [0.29, 0.717) is 24.8 Å². The van der Waals surface area contributed by atoms with Crippen LogP contribution in [-0.2, 0) is 0 Å².